The summed E-state index contributed by atoms with van der Waals surface area (Å²) in [4.78, 5) is 6.26. The monoisotopic (exact) mass is 427 g/mol. The molecule has 5 nitrogen and oxygen atoms in total. The van der Waals surface area contributed by atoms with Gasteiger partial charge < -0.3 is 10.2 Å². The third-order valence-corrected chi connectivity index (χ3v) is 5.74. The highest BCUT2D eigenvalue weighted by Crippen LogP contribution is 2.21. The molecule has 3 aromatic rings. The van der Waals surface area contributed by atoms with Gasteiger partial charge in [-0.3, -0.25) is 4.98 Å². The molecule has 0 fully saturated rings. The number of allylic oxidation sites excluding steroid dienone is 2. The Balaban J connectivity index is 1.68. The Morgan fingerprint density at radius 1 is 1.06 bits per heavy atom. The van der Waals surface area contributed by atoms with Crippen LogP contribution in [0.2, 0.25) is 0 Å². The van der Waals surface area contributed by atoms with Crippen molar-refractivity contribution in [1.29, 1.82) is 0 Å². The zero-order valence-electron chi connectivity index (χ0n) is 19.6. The molecule has 0 aliphatic rings. The molecule has 0 amide bonds. The molecule has 2 aromatic heterocycles. The van der Waals surface area contributed by atoms with Crippen LogP contribution < -0.4 is 5.32 Å². The first-order valence-corrected chi connectivity index (χ1v) is 10.9. The number of aromatic nitrogens is 3. The lowest BCUT2D eigenvalue weighted by Crippen LogP contribution is -2.25. The lowest BCUT2D eigenvalue weighted by Gasteiger charge is -2.22. The topological polar surface area (TPSA) is 46.0 Å². The molecule has 0 spiro atoms. The highest BCUT2D eigenvalue weighted by atomic mass is 15.3. The standard InChI is InChI=1S/C27H33N5/c1-20-10-7-8-11-26(20)21(2)18-27(32-23(4)22(3)19-30-32)29-14-9-17-31(6)24(5)25-12-15-28-16-13-25/h7-8,10-13,15-16,18-19,29H,2,5,9,14,17H2,1,3-4,6H3/b27-18-. The zero-order chi connectivity index (χ0) is 23.1. The minimum absolute atomic E-state index is 0.805. The first kappa shape index (κ1) is 23.1. The van der Waals surface area contributed by atoms with Crippen molar-refractivity contribution >= 4 is 17.1 Å². The predicted molar refractivity (Wildman–Crippen MR) is 135 cm³/mol. The quantitative estimate of drug-likeness (QED) is 0.352. The van der Waals surface area contributed by atoms with Gasteiger partial charge in [-0.15, -0.1) is 0 Å². The van der Waals surface area contributed by atoms with Crippen LogP contribution in [0.1, 0.15) is 34.4 Å². The molecular formula is C27H33N5. The molecule has 0 aliphatic heterocycles. The van der Waals surface area contributed by atoms with Crippen LogP contribution in [-0.2, 0) is 0 Å². The van der Waals surface area contributed by atoms with E-state index < -0.39 is 0 Å². The second-order valence-corrected chi connectivity index (χ2v) is 8.08. The molecule has 0 bridgehead atoms. The number of hydrogen-bond acceptors (Lipinski definition) is 4. The van der Waals surface area contributed by atoms with E-state index in [0.29, 0.717) is 0 Å². The molecule has 166 valence electrons. The first-order valence-electron chi connectivity index (χ1n) is 10.9. The average molecular weight is 428 g/mol. The molecule has 3 rings (SSSR count). The van der Waals surface area contributed by atoms with E-state index in [0.717, 1.165) is 59.0 Å². The molecule has 0 radical (unpaired) electrons. The summed E-state index contributed by atoms with van der Waals surface area (Å²) in [6, 6.07) is 12.3. The number of aryl methyl sites for hydroxylation is 2. The Labute approximate surface area is 191 Å². The van der Waals surface area contributed by atoms with Crippen molar-refractivity contribution in [2.45, 2.75) is 27.2 Å². The second kappa shape index (κ2) is 10.6. The molecular weight excluding hydrogens is 394 g/mol. The van der Waals surface area contributed by atoms with E-state index >= 15 is 0 Å². The van der Waals surface area contributed by atoms with Crippen molar-refractivity contribution in [3.63, 3.8) is 0 Å². The summed E-state index contributed by atoms with van der Waals surface area (Å²) in [5.74, 6) is 0.930. The van der Waals surface area contributed by atoms with Crippen LogP contribution >= 0.6 is 0 Å². The van der Waals surface area contributed by atoms with E-state index in [1.54, 1.807) is 12.4 Å². The van der Waals surface area contributed by atoms with Gasteiger partial charge >= 0.3 is 0 Å². The van der Waals surface area contributed by atoms with E-state index in [4.69, 9.17) is 0 Å². The van der Waals surface area contributed by atoms with Crippen LogP contribution in [0, 0.1) is 20.8 Å². The SMILES string of the molecule is C=C(/C=C(/NCCCN(C)C(=C)c1ccncc1)n1ncc(C)c1C)c1ccccc1C. The van der Waals surface area contributed by atoms with Gasteiger partial charge in [-0.1, -0.05) is 37.4 Å². The van der Waals surface area contributed by atoms with Gasteiger partial charge in [0.2, 0.25) is 0 Å². The van der Waals surface area contributed by atoms with Gasteiger partial charge in [0.1, 0.15) is 5.82 Å². The van der Waals surface area contributed by atoms with E-state index in [1.807, 2.05) is 35.1 Å². The summed E-state index contributed by atoms with van der Waals surface area (Å²) in [7, 11) is 2.07. The summed E-state index contributed by atoms with van der Waals surface area (Å²) in [5.41, 5.74) is 7.67. The van der Waals surface area contributed by atoms with E-state index in [2.05, 4.69) is 79.5 Å². The van der Waals surface area contributed by atoms with Gasteiger partial charge in [-0.2, -0.15) is 5.10 Å². The van der Waals surface area contributed by atoms with Crippen molar-refractivity contribution in [3.05, 3.63) is 102 Å². The molecule has 0 saturated heterocycles. The normalized spacial score (nSPS) is 11.3. The largest absolute Gasteiger partial charge is 0.375 e. The minimum Gasteiger partial charge on any atom is -0.375 e. The van der Waals surface area contributed by atoms with E-state index in [-0.39, 0.29) is 0 Å². The van der Waals surface area contributed by atoms with Crippen LogP contribution in [0.5, 0.6) is 0 Å². The zero-order valence-corrected chi connectivity index (χ0v) is 19.6. The third kappa shape index (κ3) is 5.55. The molecule has 0 aliphatic carbocycles. The fourth-order valence-corrected chi connectivity index (χ4v) is 3.53. The lowest BCUT2D eigenvalue weighted by molar-refractivity contribution is 0.463. The molecule has 0 atom stereocenters. The Bertz CT molecular complexity index is 1110. The van der Waals surface area contributed by atoms with Crippen LogP contribution in [0.25, 0.3) is 17.1 Å². The fourth-order valence-electron chi connectivity index (χ4n) is 3.53. The number of benzene rings is 1. The Kier molecular flexibility index (Phi) is 7.66. The molecule has 0 saturated carbocycles. The highest BCUT2D eigenvalue weighted by molar-refractivity contribution is 5.79. The fraction of sp³-hybridized carbons (Fsp3) is 0.259. The van der Waals surface area contributed by atoms with Gasteiger partial charge in [-0.05, 0) is 67.7 Å². The average Bonchev–Trinajstić information content (AvgIpc) is 3.14. The van der Waals surface area contributed by atoms with Crippen molar-refractivity contribution in [2.24, 2.45) is 0 Å². The predicted octanol–water partition coefficient (Wildman–Crippen LogP) is 5.30. The summed E-state index contributed by atoms with van der Waals surface area (Å²) in [6.07, 6.45) is 8.52. The van der Waals surface area contributed by atoms with Crippen molar-refractivity contribution in [3.8, 4) is 0 Å². The van der Waals surface area contributed by atoms with Crippen molar-refractivity contribution < 1.29 is 0 Å². The summed E-state index contributed by atoms with van der Waals surface area (Å²) in [6.45, 7) is 16.5. The molecule has 5 heteroatoms. The molecule has 0 unspecified atom stereocenters. The van der Waals surface area contributed by atoms with Crippen LogP contribution in [0.4, 0.5) is 0 Å². The van der Waals surface area contributed by atoms with Gasteiger partial charge in [-0.25, -0.2) is 4.68 Å². The van der Waals surface area contributed by atoms with Gasteiger partial charge in [0.15, 0.2) is 0 Å². The number of nitrogens with one attached hydrogen (secondary N) is 1. The smallest absolute Gasteiger partial charge is 0.128 e. The van der Waals surface area contributed by atoms with Gasteiger partial charge in [0, 0.05) is 49.5 Å². The van der Waals surface area contributed by atoms with E-state index in [1.165, 1.54) is 5.56 Å². The van der Waals surface area contributed by atoms with Gasteiger partial charge in [0.05, 0.1) is 6.20 Å². The van der Waals surface area contributed by atoms with Crippen LogP contribution in [-0.4, -0.2) is 39.8 Å². The maximum atomic E-state index is 4.58. The third-order valence-electron chi connectivity index (χ3n) is 5.74. The molecule has 1 aromatic carbocycles. The Morgan fingerprint density at radius 2 is 1.78 bits per heavy atom. The summed E-state index contributed by atoms with van der Waals surface area (Å²) in [5, 5.41) is 8.16. The number of hydrogen-bond donors (Lipinski definition) is 1. The molecule has 2 heterocycles. The van der Waals surface area contributed by atoms with E-state index in [9.17, 15) is 0 Å². The highest BCUT2D eigenvalue weighted by Gasteiger charge is 2.10. The maximum absolute atomic E-state index is 4.58. The first-order chi connectivity index (χ1) is 15.4. The Hall–Kier alpha value is -3.60. The number of rotatable bonds is 10. The van der Waals surface area contributed by atoms with Crippen molar-refractivity contribution in [2.75, 3.05) is 20.1 Å². The Morgan fingerprint density at radius 3 is 2.44 bits per heavy atom. The molecule has 1 N–H and O–H groups in total. The lowest BCUT2D eigenvalue weighted by atomic mass is 10.0. The number of pyridine rings is 1. The second-order valence-electron chi connectivity index (χ2n) is 8.08. The van der Waals surface area contributed by atoms with Crippen LogP contribution in [0.3, 0.4) is 0 Å². The number of nitrogens with zero attached hydrogens (tertiary/aromatic N) is 4. The summed E-state index contributed by atoms with van der Waals surface area (Å²) >= 11 is 0. The maximum Gasteiger partial charge on any atom is 0.128 e. The van der Waals surface area contributed by atoms with Crippen LogP contribution in [0.15, 0.2) is 74.2 Å². The summed E-state index contributed by atoms with van der Waals surface area (Å²) < 4.78 is 1.96. The van der Waals surface area contributed by atoms with Crippen molar-refractivity contribution in [1.82, 2.24) is 25.0 Å². The molecule has 32 heavy (non-hydrogen) atoms. The van der Waals surface area contributed by atoms with Gasteiger partial charge in [0.25, 0.3) is 0 Å². The minimum atomic E-state index is 0.805.